The highest BCUT2D eigenvalue weighted by Gasteiger charge is 2.31. The van der Waals surface area contributed by atoms with E-state index in [1.807, 2.05) is 6.92 Å². The number of esters is 1. The smallest absolute Gasteiger partial charge is 0.331 e. The van der Waals surface area contributed by atoms with Gasteiger partial charge in [0.15, 0.2) is 0 Å². The first-order valence-electron chi connectivity index (χ1n) is 9.04. The lowest BCUT2D eigenvalue weighted by Crippen LogP contribution is -2.27. The quantitative estimate of drug-likeness (QED) is 0.574. The minimum absolute atomic E-state index is 0.0876. The zero-order valence-corrected chi connectivity index (χ0v) is 17.7. The highest BCUT2D eigenvalue weighted by molar-refractivity contribution is 7.90. The maximum Gasteiger partial charge on any atom is 0.331 e. The summed E-state index contributed by atoms with van der Waals surface area (Å²) < 4.78 is 33.1. The Morgan fingerprint density at radius 2 is 2.13 bits per heavy atom. The van der Waals surface area contributed by atoms with Gasteiger partial charge in [0.2, 0.25) is 4.96 Å². The second kappa shape index (κ2) is 7.61. The predicted octanol–water partition coefficient (Wildman–Crippen LogP) is 0.884. The normalized spacial score (nSPS) is 16.9. The van der Waals surface area contributed by atoms with E-state index in [0.29, 0.717) is 22.6 Å². The lowest BCUT2D eigenvalue weighted by molar-refractivity contribution is -0.146. The van der Waals surface area contributed by atoms with Gasteiger partial charge in [0.25, 0.3) is 15.6 Å². The molecule has 0 amide bonds. The van der Waals surface area contributed by atoms with Crippen LogP contribution in [0.1, 0.15) is 30.1 Å². The Hall–Kier alpha value is -3.12. The van der Waals surface area contributed by atoms with Crippen LogP contribution in [0.2, 0.25) is 0 Å². The average Bonchev–Trinajstić information content (AvgIpc) is 3.25. The van der Waals surface area contributed by atoms with E-state index in [2.05, 4.69) is 19.8 Å². The van der Waals surface area contributed by atoms with Gasteiger partial charge >= 0.3 is 5.97 Å². The second-order valence-electron chi connectivity index (χ2n) is 6.49. The van der Waals surface area contributed by atoms with Crippen LogP contribution in [0.25, 0.3) is 4.96 Å². The fraction of sp³-hybridized carbons (Fsp3) is 0.278. The Labute approximate surface area is 175 Å². The monoisotopic (exact) mass is 447 g/mol. The van der Waals surface area contributed by atoms with Gasteiger partial charge < -0.3 is 4.74 Å². The minimum Gasteiger partial charge on any atom is -0.458 e. The highest BCUT2D eigenvalue weighted by atomic mass is 32.2. The largest absolute Gasteiger partial charge is 0.458 e. The molecule has 10 nitrogen and oxygen atoms in total. The van der Waals surface area contributed by atoms with Crippen LogP contribution in [0.5, 0.6) is 0 Å². The Kier molecular flexibility index (Phi) is 5.12. The zero-order chi connectivity index (χ0) is 21.5. The van der Waals surface area contributed by atoms with Crippen LogP contribution in [-0.4, -0.2) is 40.9 Å². The number of aryl methyl sites for hydroxylation is 1. The number of amidine groups is 1. The van der Waals surface area contributed by atoms with Crippen molar-refractivity contribution < 1.29 is 17.9 Å². The first-order chi connectivity index (χ1) is 14.3. The molecule has 0 spiro atoms. The average molecular weight is 447 g/mol. The molecule has 1 N–H and O–H groups in total. The van der Waals surface area contributed by atoms with Crippen LogP contribution in [0, 0.1) is 0 Å². The van der Waals surface area contributed by atoms with Crippen LogP contribution >= 0.6 is 11.3 Å². The molecule has 1 aromatic carbocycles. The molecule has 0 bridgehead atoms. The molecule has 1 aliphatic heterocycles. The number of hydrogen-bond donors (Lipinski definition) is 1. The standard InChI is InChI=1S/C18H17N5O5S2/c1-3-14-21-23-15(24)8-11(20-18(23)29-14)9-28-17(25)10(2)19-16-12-6-4-5-7-13(12)30(26,27)22-16/h4-8,10H,3,9H2,1-2H3,(H,19,22)/t10-/m1/s1. The SMILES string of the molecule is CCc1nn2c(=O)cc(COC(=O)[C@@H](C)N=C3NS(=O)(=O)c4ccccc43)nc2s1. The molecule has 12 heteroatoms. The molecule has 4 rings (SSSR count). The van der Waals surface area contributed by atoms with E-state index in [-0.39, 0.29) is 22.9 Å². The summed E-state index contributed by atoms with van der Waals surface area (Å²) in [7, 11) is -3.69. The lowest BCUT2D eigenvalue weighted by atomic mass is 10.2. The van der Waals surface area contributed by atoms with E-state index < -0.39 is 22.0 Å². The predicted molar refractivity (Wildman–Crippen MR) is 109 cm³/mol. The van der Waals surface area contributed by atoms with Gasteiger partial charge in [0, 0.05) is 11.6 Å². The molecule has 0 fully saturated rings. The van der Waals surface area contributed by atoms with Crippen molar-refractivity contribution in [2.24, 2.45) is 4.99 Å². The van der Waals surface area contributed by atoms with E-state index in [9.17, 15) is 18.0 Å². The number of carbonyl (C=O) groups is 1. The van der Waals surface area contributed by atoms with Gasteiger partial charge in [-0.25, -0.2) is 18.2 Å². The van der Waals surface area contributed by atoms with E-state index in [0.717, 1.165) is 5.01 Å². The zero-order valence-electron chi connectivity index (χ0n) is 16.0. The number of benzene rings is 1. The number of carbonyl (C=O) groups excluding carboxylic acids is 1. The van der Waals surface area contributed by atoms with Crippen molar-refractivity contribution in [1.82, 2.24) is 19.3 Å². The van der Waals surface area contributed by atoms with Crippen molar-refractivity contribution >= 4 is 38.1 Å². The van der Waals surface area contributed by atoms with Gasteiger partial charge in [-0.15, -0.1) is 0 Å². The van der Waals surface area contributed by atoms with Gasteiger partial charge in [0.05, 0.1) is 10.6 Å². The fourth-order valence-electron chi connectivity index (χ4n) is 2.85. The van der Waals surface area contributed by atoms with E-state index >= 15 is 0 Å². The minimum atomic E-state index is -3.69. The fourth-order valence-corrected chi connectivity index (χ4v) is 4.95. The molecule has 1 aliphatic rings. The van der Waals surface area contributed by atoms with Crippen LogP contribution in [0.4, 0.5) is 0 Å². The summed E-state index contributed by atoms with van der Waals surface area (Å²) >= 11 is 1.29. The Morgan fingerprint density at radius 3 is 2.90 bits per heavy atom. The topological polar surface area (TPSA) is 132 Å². The maximum atomic E-state index is 12.3. The Bertz CT molecular complexity index is 1340. The third-order valence-electron chi connectivity index (χ3n) is 4.33. The molecule has 2 aromatic heterocycles. The molecule has 0 radical (unpaired) electrons. The number of aliphatic imine (C=N–C) groups is 1. The van der Waals surface area contributed by atoms with E-state index in [1.165, 1.54) is 34.9 Å². The van der Waals surface area contributed by atoms with Crippen molar-refractivity contribution in [3.63, 3.8) is 0 Å². The van der Waals surface area contributed by atoms with Crippen LogP contribution in [-0.2, 0) is 32.6 Å². The summed E-state index contributed by atoms with van der Waals surface area (Å²) in [5.41, 5.74) is 0.341. The first-order valence-corrected chi connectivity index (χ1v) is 11.3. The molecular weight excluding hydrogens is 430 g/mol. The van der Waals surface area contributed by atoms with Crippen molar-refractivity contribution in [3.8, 4) is 0 Å². The Balaban J connectivity index is 1.49. The van der Waals surface area contributed by atoms with Gasteiger partial charge in [-0.3, -0.25) is 14.5 Å². The summed E-state index contributed by atoms with van der Waals surface area (Å²) in [5.74, 6) is -0.587. The number of sulfonamides is 1. The molecule has 3 aromatic rings. The maximum absolute atomic E-state index is 12.3. The van der Waals surface area contributed by atoms with Gasteiger partial charge in [-0.1, -0.05) is 30.4 Å². The molecule has 1 atom stereocenters. The second-order valence-corrected chi connectivity index (χ2v) is 9.18. The highest BCUT2D eigenvalue weighted by Crippen LogP contribution is 2.22. The van der Waals surface area contributed by atoms with Gasteiger partial charge in [-0.05, 0) is 25.5 Å². The molecule has 156 valence electrons. The molecule has 0 saturated carbocycles. The van der Waals surface area contributed by atoms with Crippen molar-refractivity contribution in [1.29, 1.82) is 0 Å². The van der Waals surface area contributed by atoms with Gasteiger partial charge in [-0.2, -0.15) is 9.61 Å². The third-order valence-corrected chi connectivity index (χ3v) is 6.78. The number of nitrogens with zero attached hydrogens (tertiary/aromatic N) is 4. The number of fused-ring (bicyclic) bond motifs is 2. The van der Waals surface area contributed by atoms with Crippen molar-refractivity contribution in [3.05, 3.63) is 57.0 Å². The Morgan fingerprint density at radius 1 is 1.37 bits per heavy atom. The van der Waals surface area contributed by atoms with E-state index in [4.69, 9.17) is 4.74 Å². The number of hydrogen-bond acceptors (Lipinski definition) is 9. The lowest BCUT2D eigenvalue weighted by Gasteiger charge is -2.09. The number of rotatable bonds is 5. The number of nitrogens with one attached hydrogen (secondary N) is 1. The van der Waals surface area contributed by atoms with E-state index in [1.54, 1.807) is 18.2 Å². The van der Waals surface area contributed by atoms with Crippen LogP contribution < -0.4 is 10.3 Å². The molecule has 30 heavy (non-hydrogen) atoms. The molecule has 0 saturated heterocycles. The first kappa shape index (κ1) is 20.2. The summed E-state index contributed by atoms with van der Waals surface area (Å²) in [4.78, 5) is 33.5. The molecule has 0 aliphatic carbocycles. The summed E-state index contributed by atoms with van der Waals surface area (Å²) in [6, 6.07) is 6.66. The summed E-state index contributed by atoms with van der Waals surface area (Å²) in [6.07, 6.45) is 0.683. The summed E-state index contributed by atoms with van der Waals surface area (Å²) in [6.45, 7) is 3.21. The molecule has 3 heterocycles. The van der Waals surface area contributed by atoms with Crippen LogP contribution in [0.3, 0.4) is 0 Å². The molecule has 0 unspecified atom stereocenters. The van der Waals surface area contributed by atoms with Crippen molar-refractivity contribution in [2.75, 3.05) is 0 Å². The van der Waals surface area contributed by atoms with Crippen LogP contribution in [0.15, 0.2) is 45.0 Å². The van der Waals surface area contributed by atoms with Crippen molar-refractivity contribution in [2.45, 2.75) is 37.8 Å². The summed E-state index contributed by atoms with van der Waals surface area (Å²) in [5, 5.41) is 4.94. The third kappa shape index (κ3) is 3.71. The number of ether oxygens (including phenoxy) is 1. The number of aromatic nitrogens is 3. The molecular formula is C18H17N5O5S2. The van der Waals surface area contributed by atoms with Gasteiger partial charge in [0.1, 0.15) is 23.5 Å².